The van der Waals surface area contributed by atoms with Crippen LogP contribution in [0.2, 0.25) is 0 Å². The Morgan fingerprint density at radius 3 is 2.67 bits per heavy atom. The average molecular weight is 250 g/mol. The molecule has 0 radical (unpaired) electrons. The molecule has 5 heteroatoms. The van der Waals surface area contributed by atoms with E-state index in [1.54, 1.807) is 12.1 Å². The molecule has 1 aliphatic carbocycles. The molecule has 5 nitrogen and oxygen atoms in total. The summed E-state index contributed by atoms with van der Waals surface area (Å²) in [5, 5.41) is 14.3. The predicted octanol–water partition coefficient (Wildman–Crippen LogP) is 3.35. The SMILES string of the molecule is CCC1(Nc2ccc([N+](=O)[O-])c(OC)c2)CCC1. The number of hydrogen-bond acceptors (Lipinski definition) is 4. The minimum Gasteiger partial charge on any atom is -0.490 e. The van der Waals surface area contributed by atoms with E-state index in [4.69, 9.17) is 4.74 Å². The molecule has 18 heavy (non-hydrogen) atoms. The molecule has 0 spiro atoms. The van der Waals surface area contributed by atoms with Gasteiger partial charge < -0.3 is 10.1 Å². The molecule has 98 valence electrons. The maximum absolute atomic E-state index is 10.8. The van der Waals surface area contributed by atoms with Crippen LogP contribution in [0.5, 0.6) is 5.75 Å². The second-order valence-electron chi connectivity index (χ2n) is 4.76. The van der Waals surface area contributed by atoms with Gasteiger partial charge in [-0.2, -0.15) is 0 Å². The number of rotatable bonds is 5. The third-order valence-corrected chi connectivity index (χ3v) is 3.77. The molecule has 0 unspecified atom stereocenters. The lowest BCUT2D eigenvalue weighted by Gasteiger charge is -2.43. The van der Waals surface area contributed by atoms with E-state index in [-0.39, 0.29) is 11.2 Å². The Labute approximate surface area is 106 Å². The monoisotopic (exact) mass is 250 g/mol. The molecule has 1 aliphatic rings. The van der Waals surface area contributed by atoms with E-state index in [0.29, 0.717) is 5.75 Å². The van der Waals surface area contributed by atoms with E-state index < -0.39 is 4.92 Å². The Bertz CT molecular complexity index is 450. The van der Waals surface area contributed by atoms with Crippen LogP contribution in [0.3, 0.4) is 0 Å². The van der Waals surface area contributed by atoms with E-state index in [1.165, 1.54) is 19.6 Å². The quantitative estimate of drug-likeness (QED) is 0.643. The average Bonchev–Trinajstić information content (AvgIpc) is 2.33. The molecular formula is C13H18N2O3. The van der Waals surface area contributed by atoms with Crippen LogP contribution in [0, 0.1) is 10.1 Å². The fraction of sp³-hybridized carbons (Fsp3) is 0.538. The van der Waals surface area contributed by atoms with Crippen molar-refractivity contribution >= 4 is 11.4 Å². The van der Waals surface area contributed by atoms with Crippen LogP contribution >= 0.6 is 0 Å². The van der Waals surface area contributed by atoms with Gasteiger partial charge in [0.2, 0.25) is 0 Å². The van der Waals surface area contributed by atoms with E-state index in [1.807, 2.05) is 0 Å². The lowest BCUT2D eigenvalue weighted by molar-refractivity contribution is -0.385. The van der Waals surface area contributed by atoms with E-state index in [2.05, 4.69) is 12.2 Å². The van der Waals surface area contributed by atoms with Crippen molar-refractivity contribution in [2.75, 3.05) is 12.4 Å². The molecule has 1 N–H and O–H groups in total. The van der Waals surface area contributed by atoms with Gasteiger partial charge in [0.15, 0.2) is 5.75 Å². The summed E-state index contributed by atoms with van der Waals surface area (Å²) in [7, 11) is 1.45. The fourth-order valence-corrected chi connectivity index (χ4v) is 2.38. The maximum atomic E-state index is 10.8. The highest BCUT2D eigenvalue weighted by Gasteiger charge is 2.35. The maximum Gasteiger partial charge on any atom is 0.311 e. The van der Waals surface area contributed by atoms with Gasteiger partial charge in [-0.15, -0.1) is 0 Å². The number of nitro benzene ring substituents is 1. The molecule has 0 heterocycles. The molecule has 0 aliphatic heterocycles. The van der Waals surface area contributed by atoms with Crippen LogP contribution in [0.1, 0.15) is 32.6 Å². The molecule has 0 saturated heterocycles. The number of benzene rings is 1. The second-order valence-corrected chi connectivity index (χ2v) is 4.76. The van der Waals surface area contributed by atoms with Crippen molar-refractivity contribution in [2.45, 2.75) is 38.1 Å². The number of methoxy groups -OCH3 is 1. The van der Waals surface area contributed by atoms with Crippen LogP contribution in [0.4, 0.5) is 11.4 Å². The highest BCUT2D eigenvalue weighted by Crippen LogP contribution is 2.39. The van der Waals surface area contributed by atoms with Crippen LogP contribution < -0.4 is 10.1 Å². The smallest absolute Gasteiger partial charge is 0.311 e. The zero-order chi connectivity index (χ0) is 13.2. The Balaban J connectivity index is 2.22. The summed E-state index contributed by atoms with van der Waals surface area (Å²) < 4.78 is 5.07. The number of nitrogens with zero attached hydrogens (tertiary/aromatic N) is 1. The zero-order valence-electron chi connectivity index (χ0n) is 10.7. The largest absolute Gasteiger partial charge is 0.490 e. The third kappa shape index (κ3) is 2.25. The van der Waals surface area contributed by atoms with E-state index >= 15 is 0 Å². The molecule has 0 amide bonds. The first-order valence-corrected chi connectivity index (χ1v) is 6.21. The van der Waals surface area contributed by atoms with Crippen LogP contribution in [0.25, 0.3) is 0 Å². The molecule has 1 aromatic carbocycles. The van der Waals surface area contributed by atoms with Gasteiger partial charge in [-0.3, -0.25) is 10.1 Å². The number of hydrogen-bond donors (Lipinski definition) is 1. The Morgan fingerprint density at radius 2 is 2.22 bits per heavy atom. The summed E-state index contributed by atoms with van der Waals surface area (Å²) in [6.45, 7) is 2.16. The van der Waals surface area contributed by atoms with Crippen molar-refractivity contribution in [3.05, 3.63) is 28.3 Å². The highest BCUT2D eigenvalue weighted by molar-refractivity contribution is 5.59. The normalized spacial score (nSPS) is 16.8. The Hall–Kier alpha value is -1.78. The first-order chi connectivity index (χ1) is 8.60. The molecule has 0 bridgehead atoms. The van der Waals surface area contributed by atoms with Crippen molar-refractivity contribution < 1.29 is 9.66 Å². The first kappa shape index (κ1) is 12.7. The van der Waals surface area contributed by atoms with Crippen molar-refractivity contribution in [1.29, 1.82) is 0 Å². The fourth-order valence-electron chi connectivity index (χ4n) is 2.38. The Kier molecular flexibility index (Phi) is 3.41. The van der Waals surface area contributed by atoms with Crippen LogP contribution in [0.15, 0.2) is 18.2 Å². The summed E-state index contributed by atoms with van der Waals surface area (Å²) >= 11 is 0. The number of nitro groups is 1. The van der Waals surface area contributed by atoms with Gasteiger partial charge in [0.1, 0.15) is 0 Å². The number of nitrogens with one attached hydrogen (secondary N) is 1. The van der Waals surface area contributed by atoms with Gasteiger partial charge in [-0.25, -0.2) is 0 Å². The van der Waals surface area contributed by atoms with Crippen molar-refractivity contribution in [3.8, 4) is 5.75 Å². The second kappa shape index (κ2) is 4.84. The minimum atomic E-state index is -0.429. The predicted molar refractivity (Wildman–Crippen MR) is 70.1 cm³/mol. The molecule has 1 saturated carbocycles. The third-order valence-electron chi connectivity index (χ3n) is 3.77. The van der Waals surface area contributed by atoms with Gasteiger partial charge in [-0.1, -0.05) is 6.92 Å². The van der Waals surface area contributed by atoms with Gasteiger partial charge in [0, 0.05) is 23.4 Å². The van der Waals surface area contributed by atoms with E-state index in [0.717, 1.165) is 24.9 Å². The summed E-state index contributed by atoms with van der Waals surface area (Å²) in [5.41, 5.74) is 1.06. The molecular weight excluding hydrogens is 232 g/mol. The van der Waals surface area contributed by atoms with Crippen LogP contribution in [-0.2, 0) is 0 Å². The zero-order valence-corrected chi connectivity index (χ0v) is 10.7. The summed E-state index contributed by atoms with van der Waals surface area (Å²) in [6.07, 6.45) is 4.61. The topological polar surface area (TPSA) is 64.4 Å². The summed E-state index contributed by atoms with van der Waals surface area (Å²) in [4.78, 5) is 10.4. The van der Waals surface area contributed by atoms with Gasteiger partial charge in [0.05, 0.1) is 12.0 Å². The molecule has 1 fully saturated rings. The molecule has 0 aromatic heterocycles. The first-order valence-electron chi connectivity index (χ1n) is 6.21. The van der Waals surface area contributed by atoms with Gasteiger partial charge in [-0.05, 0) is 31.7 Å². The molecule has 1 aromatic rings. The van der Waals surface area contributed by atoms with Crippen molar-refractivity contribution in [3.63, 3.8) is 0 Å². The highest BCUT2D eigenvalue weighted by atomic mass is 16.6. The lowest BCUT2D eigenvalue weighted by Crippen LogP contribution is -2.44. The summed E-state index contributed by atoms with van der Waals surface area (Å²) in [6, 6.07) is 4.94. The number of ether oxygens (including phenoxy) is 1. The summed E-state index contributed by atoms with van der Waals surface area (Å²) in [5.74, 6) is 0.301. The van der Waals surface area contributed by atoms with E-state index in [9.17, 15) is 10.1 Å². The van der Waals surface area contributed by atoms with Crippen LogP contribution in [-0.4, -0.2) is 17.6 Å². The van der Waals surface area contributed by atoms with Gasteiger partial charge >= 0.3 is 5.69 Å². The number of anilines is 1. The van der Waals surface area contributed by atoms with Gasteiger partial charge in [0.25, 0.3) is 0 Å². The lowest BCUT2D eigenvalue weighted by atomic mass is 9.74. The molecule has 0 atom stereocenters. The minimum absolute atomic E-state index is 0.00204. The molecule has 2 rings (SSSR count). The van der Waals surface area contributed by atoms with Crippen molar-refractivity contribution in [1.82, 2.24) is 0 Å². The Morgan fingerprint density at radius 1 is 1.50 bits per heavy atom. The standard InChI is InChI=1S/C13H18N2O3/c1-3-13(7-4-8-13)14-10-5-6-11(15(16)17)12(9-10)18-2/h5-6,9,14H,3-4,7-8H2,1-2H3. The van der Waals surface area contributed by atoms with Crippen molar-refractivity contribution in [2.24, 2.45) is 0 Å².